The third kappa shape index (κ3) is 11.6. The Morgan fingerprint density at radius 3 is 1.43 bits per heavy atom. The fraction of sp³-hybridized carbons (Fsp3) is 1.00. The Balaban J connectivity index is 3.29. The van der Waals surface area contributed by atoms with E-state index in [0.29, 0.717) is 10.5 Å². The molecular weight excluding hydrogens is 300 g/mol. The van der Waals surface area contributed by atoms with E-state index in [4.69, 9.17) is 13.9 Å². The molecule has 0 aliphatic heterocycles. The van der Waals surface area contributed by atoms with Crippen LogP contribution < -0.4 is 0 Å². The molecular formula is C16H36O3SSi. The Morgan fingerprint density at radius 2 is 1.10 bits per heavy atom. The molecule has 0 aromatic heterocycles. The van der Waals surface area contributed by atoms with Crippen LogP contribution >= 0.6 is 12.6 Å². The van der Waals surface area contributed by atoms with Crippen LogP contribution in [0.5, 0.6) is 0 Å². The molecule has 0 aromatic rings. The molecule has 0 rings (SSSR count). The topological polar surface area (TPSA) is 27.7 Å². The second-order valence-electron chi connectivity index (χ2n) is 5.66. The van der Waals surface area contributed by atoms with Crippen LogP contribution in [0.15, 0.2) is 0 Å². The first-order valence-corrected chi connectivity index (χ1v) is 9.96. The quantitative estimate of drug-likeness (QED) is 0.201. The van der Waals surface area contributed by atoms with Gasteiger partial charge in [0, 0.05) is 20.6 Å². The van der Waals surface area contributed by atoms with Crippen LogP contribution in [0.3, 0.4) is 0 Å². The first-order valence-electron chi connectivity index (χ1n) is 8.51. The molecule has 0 bridgehead atoms. The molecule has 0 radical (unpaired) electrons. The number of thiol groups is 1. The van der Waals surface area contributed by atoms with Crippen molar-refractivity contribution in [3.8, 4) is 0 Å². The van der Waals surface area contributed by atoms with Crippen molar-refractivity contribution in [3.63, 3.8) is 0 Å². The molecule has 0 amide bonds. The number of unbranched alkanes of at least 4 members (excludes halogenated alkanes) is 10. The van der Waals surface area contributed by atoms with Crippen molar-refractivity contribution in [2.24, 2.45) is 0 Å². The van der Waals surface area contributed by atoms with Gasteiger partial charge in [-0.3, -0.25) is 0 Å². The highest BCUT2D eigenvalue weighted by atomic mass is 32.1. The second kappa shape index (κ2) is 15.3. The SMILES string of the molecule is COC(CCCCCCCCCCCCCS)(OC)O[SiH3]. The van der Waals surface area contributed by atoms with Gasteiger partial charge in [-0.1, -0.05) is 57.8 Å². The minimum Gasteiger partial charge on any atom is -0.380 e. The van der Waals surface area contributed by atoms with Gasteiger partial charge in [0.05, 0.1) is 0 Å². The van der Waals surface area contributed by atoms with Crippen LogP contribution in [0.2, 0.25) is 0 Å². The molecule has 128 valence electrons. The predicted octanol–water partition coefficient (Wildman–Crippen LogP) is 3.84. The van der Waals surface area contributed by atoms with Gasteiger partial charge in [0.1, 0.15) is 0 Å². The van der Waals surface area contributed by atoms with Crippen molar-refractivity contribution >= 4 is 23.1 Å². The van der Waals surface area contributed by atoms with E-state index in [2.05, 4.69) is 12.6 Å². The van der Waals surface area contributed by atoms with E-state index in [9.17, 15) is 0 Å². The summed E-state index contributed by atoms with van der Waals surface area (Å²) in [7, 11) is 3.93. The van der Waals surface area contributed by atoms with Crippen LogP contribution in [0.1, 0.15) is 77.0 Å². The van der Waals surface area contributed by atoms with E-state index in [1.54, 1.807) is 14.2 Å². The standard InChI is InChI=1S/C16H36O3SSi/c1-17-16(18-2,19-21)14-12-10-8-6-4-3-5-7-9-11-13-15-20/h20H,3-15H2,1-2,21H3. The van der Waals surface area contributed by atoms with E-state index >= 15 is 0 Å². The number of rotatable bonds is 16. The zero-order chi connectivity index (χ0) is 15.8. The zero-order valence-corrected chi connectivity index (χ0v) is 17.3. The third-order valence-corrected chi connectivity index (χ3v) is 5.01. The van der Waals surface area contributed by atoms with Crippen LogP contribution in [0.4, 0.5) is 0 Å². The smallest absolute Gasteiger partial charge is 0.272 e. The van der Waals surface area contributed by atoms with Crippen molar-refractivity contribution in [2.75, 3.05) is 20.0 Å². The minimum atomic E-state index is -0.779. The molecule has 0 heterocycles. The zero-order valence-electron chi connectivity index (χ0n) is 14.4. The average Bonchev–Trinajstić information content (AvgIpc) is 2.53. The minimum absolute atomic E-state index is 0.632. The molecule has 0 aliphatic rings. The van der Waals surface area contributed by atoms with E-state index < -0.39 is 5.97 Å². The second-order valence-corrected chi connectivity index (χ2v) is 6.51. The summed E-state index contributed by atoms with van der Waals surface area (Å²) in [5, 5.41) is 0. The van der Waals surface area contributed by atoms with E-state index in [1.165, 1.54) is 64.2 Å². The van der Waals surface area contributed by atoms with Gasteiger partial charge in [-0.05, 0) is 18.6 Å². The van der Waals surface area contributed by atoms with Crippen LogP contribution in [-0.2, 0) is 13.9 Å². The Kier molecular flexibility index (Phi) is 15.7. The van der Waals surface area contributed by atoms with Crippen molar-refractivity contribution in [1.82, 2.24) is 0 Å². The van der Waals surface area contributed by atoms with Gasteiger partial charge in [0.2, 0.25) is 0 Å². The summed E-state index contributed by atoms with van der Waals surface area (Å²) in [6.45, 7) is 0. The molecule has 0 saturated heterocycles. The molecule has 0 unspecified atom stereocenters. The maximum absolute atomic E-state index is 5.43. The summed E-state index contributed by atoms with van der Waals surface area (Å²) in [5.41, 5.74) is 0. The van der Waals surface area contributed by atoms with Crippen LogP contribution in [0, 0.1) is 0 Å². The van der Waals surface area contributed by atoms with Crippen LogP contribution in [0.25, 0.3) is 0 Å². The first-order chi connectivity index (χ1) is 10.2. The Hall–Kier alpha value is 0.447. The van der Waals surface area contributed by atoms with Gasteiger partial charge in [-0.15, -0.1) is 0 Å². The van der Waals surface area contributed by atoms with Gasteiger partial charge in [-0.2, -0.15) is 12.6 Å². The lowest BCUT2D eigenvalue weighted by atomic mass is 10.0. The van der Waals surface area contributed by atoms with E-state index in [0.717, 1.165) is 18.6 Å². The lowest BCUT2D eigenvalue weighted by Crippen LogP contribution is -2.36. The summed E-state index contributed by atoms with van der Waals surface area (Å²) < 4.78 is 16.1. The van der Waals surface area contributed by atoms with Gasteiger partial charge in [0.15, 0.2) is 10.5 Å². The molecule has 0 spiro atoms. The van der Waals surface area contributed by atoms with E-state index in [-0.39, 0.29) is 0 Å². The Labute approximate surface area is 140 Å². The average molecular weight is 337 g/mol. The molecule has 0 N–H and O–H groups in total. The molecule has 0 atom stereocenters. The Morgan fingerprint density at radius 1 is 0.714 bits per heavy atom. The lowest BCUT2D eigenvalue weighted by molar-refractivity contribution is -0.325. The van der Waals surface area contributed by atoms with Crippen molar-refractivity contribution in [2.45, 2.75) is 83.0 Å². The first kappa shape index (κ1) is 21.4. The van der Waals surface area contributed by atoms with Crippen molar-refractivity contribution < 1.29 is 13.9 Å². The number of ether oxygens (including phenoxy) is 2. The lowest BCUT2D eigenvalue weighted by Gasteiger charge is -2.29. The van der Waals surface area contributed by atoms with Gasteiger partial charge in [-0.25, -0.2) is 0 Å². The largest absolute Gasteiger partial charge is 0.380 e. The van der Waals surface area contributed by atoms with Crippen molar-refractivity contribution in [3.05, 3.63) is 0 Å². The van der Waals surface area contributed by atoms with Gasteiger partial charge >= 0.3 is 0 Å². The Bertz CT molecular complexity index is 205. The highest BCUT2D eigenvalue weighted by Gasteiger charge is 2.27. The maximum atomic E-state index is 5.43. The molecule has 5 heteroatoms. The highest BCUT2D eigenvalue weighted by molar-refractivity contribution is 7.80. The predicted molar refractivity (Wildman–Crippen MR) is 97.0 cm³/mol. The molecule has 3 nitrogen and oxygen atoms in total. The third-order valence-electron chi connectivity index (χ3n) is 4.07. The molecule has 0 aromatic carbocycles. The fourth-order valence-corrected chi connectivity index (χ4v) is 3.36. The van der Waals surface area contributed by atoms with Gasteiger partial charge in [0.25, 0.3) is 5.97 Å². The summed E-state index contributed by atoms with van der Waals surface area (Å²) in [6.07, 6.45) is 15.4. The van der Waals surface area contributed by atoms with Gasteiger partial charge < -0.3 is 13.9 Å². The summed E-state index contributed by atoms with van der Waals surface area (Å²) in [6, 6.07) is 0. The molecule has 0 saturated carbocycles. The van der Waals surface area contributed by atoms with Crippen molar-refractivity contribution in [1.29, 1.82) is 0 Å². The van der Waals surface area contributed by atoms with Crippen LogP contribution in [-0.4, -0.2) is 36.4 Å². The molecule has 21 heavy (non-hydrogen) atoms. The monoisotopic (exact) mass is 336 g/mol. The summed E-state index contributed by atoms with van der Waals surface area (Å²) >= 11 is 4.23. The summed E-state index contributed by atoms with van der Waals surface area (Å²) in [5.74, 6) is 0.262. The number of hydrogen-bond donors (Lipinski definition) is 1. The summed E-state index contributed by atoms with van der Waals surface area (Å²) in [4.78, 5) is 0. The fourth-order valence-electron chi connectivity index (χ4n) is 2.60. The molecule has 0 aliphatic carbocycles. The highest BCUT2D eigenvalue weighted by Crippen LogP contribution is 2.21. The molecule has 0 fully saturated rings. The normalized spacial score (nSPS) is 12.1. The number of methoxy groups -OCH3 is 2. The maximum Gasteiger partial charge on any atom is 0.272 e. The van der Waals surface area contributed by atoms with E-state index in [1.807, 2.05) is 0 Å². The number of hydrogen-bond acceptors (Lipinski definition) is 4.